The van der Waals surface area contributed by atoms with Gasteiger partial charge in [0.2, 0.25) is 5.91 Å². The molecule has 3 nitrogen and oxygen atoms in total. The minimum Gasteiger partial charge on any atom is -0.298 e. The second-order valence-corrected chi connectivity index (χ2v) is 6.57. The molecule has 3 aromatic rings. The van der Waals surface area contributed by atoms with Crippen LogP contribution in [0.4, 0.5) is 13.9 Å². The average Bonchev–Trinajstić information content (AvgIpc) is 2.89. The number of nitrogens with zero attached hydrogens (tertiary/aromatic N) is 1. The summed E-state index contributed by atoms with van der Waals surface area (Å²) in [7, 11) is 0. The van der Waals surface area contributed by atoms with Crippen molar-refractivity contribution in [2.75, 3.05) is 5.32 Å². The van der Waals surface area contributed by atoms with E-state index in [0.29, 0.717) is 25.4 Å². The van der Waals surface area contributed by atoms with Crippen LogP contribution < -0.4 is 5.32 Å². The molecule has 0 spiro atoms. The van der Waals surface area contributed by atoms with Gasteiger partial charge >= 0.3 is 0 Å². The van der Waals surface area contributed by atoms with Crippen LogP contribution >= 0.6 is 27.3 Å². The molecule has 0 unspecified atom stereocenters. The van der Waals surface area contributed by atoms with E-state index in [1.54, 1.807) is 18.2 Å². The van der Waals surface area contributed by atoms with Crippen LogP contribution in [-0.4, -0.2) is 10.9 Å². The van der Waals surface area contributed by atoms with Crippen LogP contribution in [0.2, 0.25) is 0 Å². The van der Waals surface area contributed by atoms with Gasteiger partial charge in [0.05, 0.1) is 10.2 Å². The molecule has 2 aromatic carbocycles. The first-order valence-electron chi connectivity index (χ1n) is 6.51. The summed E-state index contributed by atoms with van der Waals surface area (Å²) in [5.41, 5.74) is 0.898. The quantitative estimate of drug-likeness (QED) is 0.635. The second kappa shape index (κ2) is 6.55. The number of carbonyl (C=O) groups is 1. The highest BCUT2D eigenvalue weighted by atomic mass is 79.9. The number of aromatic nitrogens is 1. The number of nitrogens with one attached hydrogen (secondary N) is 1. The fraction of sp³-hybridized carbons (Fsp3) is 0. The minimum absolute atomic E-state index is 0.292. The first-order chi connectivity index (χ1) is 11.0. The molecule has 0 aliphatic heterocycles. The van der Waals surface area contributed by atoms with E-state index in [2.05, 4.69) is 26.2 Å². The molecule has 0 fully saturated rings. The predicted octanol–water partition coefficient (Wildman–Crippen LogP) is 4.99. The van der Waals surface area contributed by atoms with E-state index in [1.807, 2.05) is 0 Å². The molecule has 3 rings (SSSR count). The second-order valence-electron chi connectivity index (χ2n) is 4.62. The van der Waals surface area contributed by atoms with Crippen molar-refractivity contribution in [3.8, 4) is 0 Å². The summed E-state index contributed by atoms with van der Waals surface area (Å²) in [6.45, 7) is 0. The van der Waals surface area contributed by atoms with Crippen LogP contribution in [0.3, 0.4) is 0 Å². The van der Waals surface area contributed by atoms with E-state index >= 15 is 0 Å². The molecular formula is C16H9BrF2N2OS. The third-order valence-electron chi connectivity index (χ3n) is 2.95. The van der Waals surface area contributed by atoms with Crippen LogP contribution in [-0.2, 0) is 4.79 Å². The zero-order valence-corrected chi connectivity index (χ0v) is 13.9. The number of thiazole rings is 1. The highest BCUT2D eigenvalue weighted by Crippen LogP contribution is 2.26. The molecule has 1 N–H and O–H groups in total. The lowest BCUT2D eigenvalue weighted by atomic mass is 10.2. The molecule has 1 heterocycles. The number of anilines is 1. The maximum Gasteiger partial charge on any atom is 0.250 e. The smallest absolute Gasteiger partial charge is 0.250 e. The number of fused-ring (bicyclic) bond motifs is 1. The monoisotopic (exact) mass is 394 g/mol. The molecule has 7 heteroatoms. The van der Waals surface area contributed by atoms with Crippen molar-refractivity contribution >= 4 is 54.6 Å². The zero-order chi connectivity index (χ0) is 16.4. The Hall–Kier alpha value is -2.12. The Bertz CT molecular complexity index is 924. The molecule has 0 atom stereocenters. The number of hydrogen-bond acceptors (Lipinski definition) is 3. The summed E-state index contributed by atoms with van der Waals surface area (Å²) in [5.74, 6) is -1.22. The molecule has 1 amide bonds. The summed E-state index contributed by atoms with van der Waals surface area (Å²) in [5, 5.41) is 2.94. The molecule has 116 valence electrons. The number of rotatable bonds is 3. The highest BCUT2D eigenvalue weighted by molar-refractivity contribution is 9.10. The van der Waals surface area contributed by atoms with Gasteiger partial charge in [-0.25, -0.2) is 13.8 Å². The van der Waals surface area contributed by atoms with E-state index in [-0.39, 0.29) is 5.82 Å². The van der Waals surface area contributed by atoms with Gasteiger partial charge in [0.1, 0.15) is 11.6 Å². The maximum absolute atomic E-state index is 13.6. The van der Waals surface area contributed by atoms with Crippen molar-refractivity contribution in [2.24, 2.45) is 0 Å². The van der Waals surface area contributed by atoms with Crippen molar-refractivity contribution in [3.63, 3.8) is 0 Å². The first kappa shape index (κ1) is 15.8. The largest absolute Gasteiger partial charge is 0.298 e. The lowest BCUT2D eigenvalue weighted by Gasteiger charge is -1.98. The normalized spacial score (nSPS) is 11.3. The highest BCUT2D eigenvalue weighted by Gasteiger charge is 2.07. The van der Waals surface area contributed by atoms with Gasteiger partial charge in [-0.2, -0.15) is 0 Å². The number of amides is 1. The topological polar surface area (TPSA) is 42.0 Å². The fourth-order valence-corrected chi connectivity index (χ4v) is 3.18. The molecule has 0 aliphatic rings. The Balaban J connectivity index is 1.75. The van der Waals surface area contributed by atoms with E-state index < -0.39 is 11.7 Å². The van der Waals surface area contributed by atoms with E-state index in [4.69, 9.17) is 0 Å². The lowest BCUT2D eigenvalue weighted by molar-refractivity contribution is -0.111. The average molecular weight is 395 g/mol. The summed E-state index contributed by atoms with van der Waals surface area (Å²) >= 11 is 4.41. The maximum atomic E-state index is 13.6. The van der Waals surface area contributed by atoms with Gasteiger partial charge in [-0.1, -0.05) is 27.3 Å². The standard InChI is InChI=1S/C16H9BrF2N2OS/c17-10-2-4-12(19)9(7-10)1-6-15(22)21-16-20-13-5-3-11(18)8-14(13)23-16/h1-8H,(H,20,21,22)/b6-1+. The minimum atomic E-state index is -0.441. The van der Waals surface area contributed by atoms with Gasteiger partial charge in [-0.05, 0) is 42.5 Å². The van der Waals surface area contributed by atoms with Crippen molar-refractivity contribution in [2.45, 2.75) is 0 Å². The Morgan fingerprint density at radius 3 is 2.87 bits per heavy atom. The fourth-order valence-electron chi connectivity index (χ4n) is 1.91. The Morgan fingerprint density at radius 2 is 2.04 bits per heavy atom. The summed E-state index contributed by atoms with van der Waals surface area (Å²) < 4.78 is 28.1. The van der Waals surface area contributed by atoms with Crippen molar-refractivity contribution < 1.29 is 13.6 Å². The molecule has 0 radical (unpaired) electrons. The Morgan fingerprint density at radius 1 is 1.22 bits per heavy atom. The van der Waals surface area contributed by atoms with E-state index in [1.165, 1.54) is 41.7 Å². The van der Waals surface area contributed by atoms with Crippen molar-refractivity contribution in [1.29, 1.82) is 0 Å². The van der Waals surface area contributed by atoms with Gasteiger partial charge in [-0.15, -0.1) is 0 Å². The zero-order valence-electron chi connectivity index (χ0n) is 11.5. The van der Waals surface area contributed by atoms with Crippen LogP contribution in [0.15, 0.2) is 46.9 Å². The predicted molar refractivity (Wildman–Crippen MR) is 91.3 cm³/mol. The number of carbonyl (C=O) groups excluding carboxylic acids is 1. The van der Waals surface area contributed by atoms with Gasteiger partial charge in [0, 0.05) is 16.1 Å². The van der Waals surface area contributed by atoms with Crippen LogP contribution in [0.25, 0.3) is 16.3 Å². The third-order valence-corrected chi connectivity index (χ3v) is 4.38. The number of hydrogen-bond donors (Lipinski definition) is 1. The molecule has 0 saturated carbocycles. The molecule has 0 saturated heterocycles. The van der Waals surface area contributed by atoms with Crippen LogP contribution in [0.1, 0.15) is 5.56 Å². The van der Waals surface area contributed by atoms with E-state index in [0.717, 1.165) is 0 Å². The molecular weight excluding hydrogens is 386 g/mol. The molecule has 1 aromatic heterocycles. The molecule has 0 bridgehead atoms. The Labute approximate surface area is 142 Å². The van der Waals surface area contributed by atoms with Gasteiger partial charge < -0.3 is 0 Å². The third kappa shape index (κ3) is 3.80. The SMILES string of the molecule is O=C(/C=C/c1cc(Br)ccc1F)Nc1nc2ccc(F)cc2s1. The molecule has 0 aliphatic carbocycles. The first-order valence-corrected chi connectivity index (χ1v) is 8.12. The van der Waals surface area contributed by atoms with Crippen molar-refractivity contribution in [3.05, 3.63) is 64.1 Å². The Kier molecular flexibility index (Phi) is 4.49. The summed E-state index contributed by atoms with van der Waals surface area (Å²) in [6.07, 6.45) is 2.60. The molecule has 23 heavy (non-hydrogen) atoms. The van der Waals surface area contributed by atoms with Crippen LogP contribution in [0.5, 0.6) is 0 Å². The van der Waals surface area contributed by atoms with Crippen molar-refractivity contribution in [1.82, 2.24) is 4.98 Å². The number of halogens is 3. The van der Waals surface area contributed by atoms with Crippen LogP contribution in [0, 0.1) is 11.6 Å². The van der Waals surface area contributed by atoms with Gasteiger partial charge in [-0.3, -0.25) is 10.1 Å². The lowest BCUT2D eigenvalue weighted by Crippen LogP contribution is -2.07. The summed E-state index contributed by atoms with van der Waals surface area (Å²) in [6, 6.07) is 8.67. The van der Waals surface area contributed by atoms with E-state index in [9.17, 15) is 13.6 Å². The number of benzene rings is 2. The van der Waals surface area contributed by atoms with Gasteiger partial charge in [0.25, 0.3) is 0 Å². The summed E-state index contributed by atoms with van der Waals surface area (Å²) in [4.78, 5) is 16.1. The van der Waals surface area contributed by atoms with Gasteiger partial charge in [0.15, 0.2) is 5.13 Å².